The number of rotatable bonds is 8. The highest BCUT2D eigenvalue weighted by Crippen LogP contribution is 2.33. The molecule has 4 unspecified atom stereocenters. The van der Waals surface area contributed by atoms with Crippen molar-refractivity contribution < 1.29 is 18.9 Å². The molecule has 0 spiro atoms. The second-order valence-electron chi connectivity index (χ2n) is 5.20. The molecule has 1 aromatic rings. The summed E-state index contributed by atoms with van der Waals surface area (Å²) in [5, 5.41) is 8.61. The number of aliphatic hydroxyl groups excluding tert-OH is 1. The van der Waals surface area contributed by atoms with Crippen molar-refractivity contribution in [3.05, 3.63) is 33.1 Å². The van der Waals surface area contributed by atoms with Gasteiger partial charge in [0.05, 0.1) is 19.3 Å². The third kappa shape index (κ3) is 4.72. The van der Waals surface area contributed by atoms with Gasteiger partial charge in [-0.15, -0.1) is 0 Å². The summed E-state index contributed by atoms with van der Waals surface area (Å²) in [6, 6.07) is 1.30. The molecule has 9 heteroatoms. The molecule has 0 aliphatic carbocycles. The van der Waals surface area contributed by atoms with Crippen LogP contribution in [0.5, 0.6) is 0 Å². The maximum Gasteiger partial charge on any atom is 0.330 e. The van der Waals surface area contributed by atoms with Gasteiger partial charge in [0.15, 0.2) is 9.03 Å². The second kappa shape index (κ2) is 8.55. The van der Waals surface area contributed by atoms with Gasteiger partial charge in [0, 0.05) is 24.8 Å². The first kappa shape index (κ1) is 17.3. The fourth-order valence-corrected chi connectivity index (χ4v) is 2.90. The fraction of sp³-hybridized carbons (Fsp3) is 0.692. The van der Waals surface area contributed by atoms with Gasteiger partial charge in [-0.05, 0) is 12.8 Å². The number of hydrogen-bond acceptors (Lipinski definition) is 6. The summed E-state index contributed by atoms with van der Waals surface area (Å²) in [4.78, 5) is 25.1. The van der Waals surface area contributed by atoms with Crippen LogP contribution in [0.2, 0.25) is 0 Å². The van der Waals surface area contributed by atoms with Crippen LogP contribution in [0.25, 0.3) is 0 Å². The van der Waals surface area contributed by atoms with E-state index in [1.165, 1.54) is 16.8 Å². The Balaban J connectivity index is 1.82. The summed E-state index contributed by atoms with van der Waals surface area (Å²) in [5.74, 6) is 0.135. The van der Waals surface area contributed by atoms with Gasteiger partial charge in [-0.3, -0.25) is 14.3 Å². The van der Waals surface area contributed by atoms with Gasteiger partial charge >= 0.3 is 5.69 Å². The molecule has 2 rings (SSSR count). The molecule has 0 bridgehead atoms. The zero-order valence-corrected chi connectivity index (χ0v) is 13.4. The Morgan fingerprint density at radius 3 is 3.05 bits per heavy atom. The Hall–Kier alpha value is -1.05. The van der Waals surface area contributed by atoms with Crippen LogP contribution in [-0.4, -0.2) is 40.6 Å². The van der Waals surface area contributed by atoms with Gasteiger partial charge in [-0.1, -0.05) is 6.92 Å². The summed E-state index contributed by atoms with van der Waals surface area (Å²) in [7, 11) is -0.0917. The molecule has 4 atom stereocenters. The number of nitrogens with one attached hydrogen (secondary N) is 1. The van der Waals surface area contributed by atoms with Crippen molar-refractivity contribution in [2.45, 2.75) is 32.1 Å². The third-order valence-electron chi connectivity index (χ3n) is 3.37. The van der Waals surface area contributed by atoms with E-state index in [1.807, 2.05) is 6.92 Å². The van der Waals surface area contributed by atoms with Gasteiger partial charge in [0.1, 0.15) is 6.23 Å². The standard InChI is InChI=1S/C13H21N2O6P/c1-9-7-10(8-20-22-19-6-2-5-16)21-12(9)15-4-3-11(17)14-13(15)18/h3-4,9-10,12,16,22H,2,5-8H2,1H3,(H,14,17,18). The lowest BCUT2D eigenvalue weighted by molar-refractivity contribution is -0.0291. The first-order valence-electron chi connectivity index (χ1n) is 7.18. The van der Waals surface area contributed by atoms with Crippen molar-refractivity contribution >= 4 is 9.03 Å². The Labute approximate surface area is 129 Å². The van der Waals surface area contributed by atoms with Crippen molar-refractivity contribution in [1.29, 1.82) is 0 Å². The average molecular weight is 332 g/mol. The maximum absolute atomic E-state index is 11.8. The normalized spacial score (nSPS) is 25.3. The van der Waals surface area contributed by atoms with E-state index < -0.39 is 17.5 Å². The summed E-state index contributed by atoms with van der Waals surface area (Å²) in [6.45, 7) is 2.94. The van der Waals surface area contributed by atoms with Crippen molar-refractivity contribution in [2.75, 3.05) is 19.8 Å². The molecule has 8 nitrogen and oxygen atoms in total. The van der Waals surface area contributed by atoms with Crippen LogP contribution in [-0.2, 0) is 13.8 Å². The minimum absolute atomic E-state index is 0.0917. The molecule has 124 valence electrons. The third-order valence-corrected chi connectivity index (χ3v) is 3.98. The summed E-state index contributed by atoms with van der Waals surface area (Å²) < 4.78 is 17.8. The van der Waals surface area contributed by atoms with Gasteiger partial charge in [0.25, 0.3) is 5.56 Å². The van der Waals surface area contributed by atoms with Crippen molar-refractivity contribution in [3.63, 3.8) is 0 Å². The smallest absolute Gasteiger partial charge is 0.330 e. The molecular formula is C13H21N2O6P. The predicted molar refractivity (Wildman–Crippen MR) is 80.9 cm³/mol. The van der Waals surface area contributed by atoms with E-state index in [0.29, 0.717) is 19.6 Å². The van der Waals surface area contributed by atoms with E-state index in [0.717, 1.165) is 6.42 Å². The van der Waals surface area contributed by atoms with E-state index in [4.69, 9.17) is 18.9 Å². The molecule has 1 fully saturated rings. The van der Waals surface area contributed by atoms with E-state index in [1.54, 1.807) is 0 Å². The van der Waals surface area contributed by atoms with Crippen LogP contribution >= 0.6 is 9.03 Å². The van der Waals surface area contributed by atoms with Crippen LogP contribution in [0.4, 0.5) is 0 Å². The summed E-state index contributed by atoms with van der Waals surface area (Å²) >= 11 is 0. The molecule has 0 radical (unpaired) electrons. The van der Waals surface area contributed by atoms with Gasteiger partial charge < -0.3 is 18.9 Å². The number of aromatic nitrogens is 2. The molecule has 0 aromatic carbocycles. The average Bonchev–Trinajstić information content (AvgIpc) is 2.84. The molecular weight excluding hydrogens is 311 g/mol. The number of ether oxygens (including phenoxy) is 1. The summed E-state index contributed by atoms with van der Waals surface area (Å²) in [5.41, 5.74) is -0.895. The quantitative estimate of drug-likeness (QED) is 0.527. The van der Waals surface area contributed by atoms with Crippen molar-refractivity contribution in [2.24, 2.45) is 5.92 Å². The zero-order chi connectivity index (χ0) is 15.9. The van der Waals surface area contributed by atoms with E-state index in [2.05, 4.69) is 4.98 Å². The lowest BCUT2D eigenvalue weighted by Gasteiger charge is -2.17. The molecule has 1 saturated heterocycles. The molecule has 1 aliphatic heterocycles. The largest absolute Gasteiger partial charge is 0.396 e. The number of nitrogens with zero attached hydrogens (tertiary/aromatic N) is 1. The van der Waals surface area contributed by atoms with Crippen molar-refractivity contribution in [1.82, 2.24) is 9.55 Å². The lowest BCUT2D eigenvalue weighted by atomic mass is 10.1. The monoisotopic (exact) mass is 332 g/mol. The first-order valence-corrected chi connectivity index (χ1v) is 8.00. The van der Waals surface area contributed by atoms with Crippen LogP contribution in [0.3, 0.4) is 0 Å². The number of hydrogen-bond donors (Lipinski definition) is 2. The molecule has 1 aromatic heterocycles. The molecule has 2 heterocycles. The van der Waals surface area contributed by atoms with E-state index in [-0.39, 0.29) is 27.7 Å². The Kier molecular flexibility index (Phi) is 6.72. The predicted octanol–water partition coefficient (Wildman–Crippen LogP) is 0.384. The lowest BCUT2D eigenvalue weighted by Crippen LogP contribution is -2.33. The van der Waals surface area contributed by atoms with Gasteiger partial charge in [-0.2, -0.15) is 0 Å². The van der Waals surface area contributed by atoms with Gasteiger partial charge in [0.2, 0.25) is 0 Å². The zero-order valence-electron chi connectivity index (χ0n) is 12.4. The van der Waals surface area contributed by atoms with Crippen LogP contribution < -0.4 is 11.2 Å². The Morgan fingerprint density at radius 1 is 1.50 bits per heavy atom. The molecule has 1 aliphatic rings. The highest BCUT2D eigenvalue weighted by molar-refractivity contribution is 7.26. The number of H-pyrrole nitrogens is 1. The van der Waals surface area contributed by atoms with Crippen LogP contribution in [0.1, 0.15) is 26.0 Å². The SMILES string of the molecule is CC1CC(COPOCCCO)OC1n1ccc(=O)[nH]c1=O. The Morgan fingerprint density at radius 2 is 2.32 bits per heavy atom. The van der Waals surface area contributed by atoms with Crippen LogP contribution in [0.15, 0.2) is 21.9 Å². The Bertz CT molecular complexity index is 574. The summed E-state index contributed by atoms with van der Waals surface area (Å²) in [6.07, 6.45) is 2.28. The minimum Gasteiger partial charge on any atom is -0.396 e. The minimum atomic E-state index is -0.472. The van der Waals surface area contributed by atoms with Crippen LogP contribution in [0, 0.1) is 5.92 Å². The topological polar surface area (TPSA) is 103 Å². The second-order valence-corrected chi connectivity index (χ2v) is 5.94. The van der Waals surface area contributed by atoms with Gasteiger partial charge in [-0.25, -0.2) is 4.79 Å². The molecule has 22 heavy (non-hydrogen) atoms. The van der Waals surface area contributed by atoms with Crippen molar-refractivity contribution in [3.8, 4) is 0 Å². The molecule has 0 amide bonds. The van der Waals surface area contributed by atoms with E-state index >= 15 is 0 Å². The maximum atomic E-state index is 11.8. The van der Waals surface area contributed by atoms with E-state index in [9.17, 15) is 9.59 Å². The first-order chi connectivity index (χ1) is 10.6. The number of aliphatic hydroxyl groups is 1. The highest BCUT2D eigenvalue weighted by atomic mass is 31.1. The fourth-order valence-electron chi connectivity index (χ4n) is 2.34. The molecule has 0 saturated carbocycles. The number of aromatic amines is 1. The molecule has 2 N–H and O–H groups in total. The highest BCUT2D eigenvalue weighted by Gasteiger charge is 2.34.